The Morgan fingerprint density at radius 2 is 1.35 bits per heavy atom. The van der Waals surface area contributed by atoms with Gasteiger partial charge in [0.05, 0.1) is 0 Å². The van der Waals surface area contributed by atoms with Crippen LogP contribution in [0.4, 0.5) is 17.1 Å². The molecule has 3 atom stereocenters. The monoisotopic (exact) mass is 600 g/mol. The summed E-state index contributed by atoms with van der Waals surface area (Å²) in [6.45, 7) is 14.2. The number of aryl methyl sites for hydroxylation is 3. The number of benzene rings is 4. The van der Waals surface area contributed by atoms with E-state index in [-0.39, 0.29) is 5.41 Å². The van der Waals surface area contributed by atoms with Crippen LogP contribution < -0.4 is 20.7 Å². The van der Waals surface area contributed by atoms with Crippen molar-refractivity contribution in [3.05, 3.63) is 148 Å². The lowest BCUT2D eigenvalue weighted by Gasteiger charge is -2.57. The summed E-state index contributed by atoms with van der Waals surface area (Å²) < 4.78 is 0. The first-order valence-electron chi connectivity index (χ1n) is 17.2. The van der Waals surface area contributed by atoms with Crippen LogP contribution in [0.15, 0.2) is 126 Å². The minimum Gasteiger partial charge on any atom is -0.339 e. The molecule has 4 aromatic carbocycles. The molecule has 4 aliphatic rings. The molecule has 0 bridgehead atoms. The first kappa shape index (κ1) is 29.2. The van der Waals surface area contributed by atoms with Gasteiger partial charge in [0.1, 0.15) is 0 Å². The first-order chi connectivity index (χ1) is 22.2. The van der Waals surface area contributed by atoms with E-state index in [0.717, 1.165) is 19.3 Å². The Morgan fingerprint density at radius 1 is 0.696 bits per heavy atom. The van der Waals surface area contributed by atoms with Crippen molar-refractivity contribution in [3.8, 4) is 0 Å². The van der Waals surface area contributed by atoms with E-state index in [0.29, 0.717) is 24.5 Å². The molecule has 2 nitrogen and oxygen atoms in total. The quantitative estimate of drug-likeness (QED) is 0.215. The summed E-state index contributed by atoms with van der Waals surface area (Å²) in [5.41, 5.74) is 16.7. The Morgan fingerprint density at radius 3 is 2.02 bits per heavy atom. The van der Waals surface area contributed by atoms with Crippen LogP contribution in [0.5, 0.6) is 0 Å². The van der Waals surface area contributed by atoms with E-state index >= 15 is 0 Å². The third-order valence-corrected chi connectivity index (χ3v) is 11.5. The zero-order valence-corrected chi connectivity index (χ0v) is 28.2. The molecular weight excluding hydrogens is 555 g/mol. The largest absolute Gasteiger partial charge is 0.339 e. The third-order valence-electron chi connectivity index (χ3n) is 11.5. The van der Waals surface area contributed by atoms with Gasteiger partial charge in [-0.1, -0.05) is 115 Å². The van der Waals surface area contributed by atoms with Crippen molar-refractivity contribution < 1.29 is 0 Å². The Kier molecular flexibility index (Phi) is 6.94. The van der Waals surface area contributed by atoms with Crippen LogP contribution in [-0.4, -0.2) is 12.8 Å². The van der Waals surface area contributed by atoms with Gasteiger partial charge < -0.3 is 9.80 Å². The average molecular weight is 601 g/mol. The average Bonchev–Trinajstić information content (AvgIpc) is 3.06. The van der Waals surface area contributed by atoms with Crippen molar-refractivity contribution in [2.75, 3.05) is 9.80 Å². The molecule has 0 saturated carbocycles. The SMILES string of the molecule is CC1=CC=C(N2C3=CC(C(C)(C)c4ccccc4)CC4C3B(c3cc(C)ccc32)c2cc(C)ccc2N4c2ccc(C)cc2)CC1. The zero-order chi connectivity index (χ0) is 31.7. The van der Waals surface area contributed by atoms with Gasteiger partial charge in [-0.15, -0.1) is 0 Å². The summed E-state index contributed by atoms with van der Waals surface area (Å²) in [5.74, 6) is 0.698. The number of hydrogen-bond donors (Lipinski definition) is 0. The topological polar surface area (TPSA) is 6.48 Å². The van der Waals surface area contributed by atoms with Gasteiger partial charge in [0.2, 0.25) is 6.71 Å². The van der Waals surface area contributed by atoms with Crippen molar-refractivity contribution in [3.63, 3.8) is 0 Å². The summed E-state index contributed by atoms with van der Waals surface area (Å²) in [7, 11) is 0. The lowest BCUT2D eigenvalue weighted by atomic mass is 9.27. The van der Waals surface area contributed by atoms with Gasteiger partial charge in [-0.25, -0.2) is 0 Å². The molecule has 0 radical (unpaired) electrons. The number of nitrogens with zero attached hydrogens (tertiary/aromatic N) is 2. The number of anilines is 3. The Hall–Kier alpha value is -4.24. The molecule has 0 N–H and O–H groups in total. The lowest BCUT2D eigenvalue weighted by Crippen LogP contribution is -2.65. The highest BCUT2D eigenvalue weighted by molar-refractivity contribution is 6.90. The number of allylic oxidation sites excluding steroid dienone is 5. The Bertz CT molecular complexity index is 1910. The molecule has 0 amide bonds. The fourth-order valence-corrected chi connectivity index (χ4v) is 8.87. The van der Waals surface area contributed by atoms with Gasteiger partial charge in [-0.2, -0.15) is 0 Å². The highest BCUT2D eigenvalue weighted by Crippen LogP contribution is 2.54. The van der Waals surface area contributed by atoms with E-state index in [1.807, 2.05) is 0 Å². The smallest absolute Gasteiger partial charge is 0.225 e. The second-order valence-corrected chi connectivity index (χ2v) is 14.9. The molecule has 3 heteroatoms. The third kappa shape index (κ3) is 4.62. The fourth-order valence-electron chi connectivity index (χ4n) is 8.87. The van der Waals surface area contributed by atoms with Crippen LogP contribution in [0.3, 0.4) is 0 Å². The summed E-state index contributed by atoms with van der Waals surface area (Å²) in [6, 6.07) is 35.3. The van der Waals surface area contributed by atoms with E-state index in [9.17, 15) is 0 Å². The molecule has 46 heavy (non-hydrogen) atoms. The highest BCUT2D eigenvalue weighted by atomic mass is 15.2. The van der Waals surface area contributed by atoms with Crippen LogP contribution in [0, 0.1) is 26.7 Å². The van der Waals surface area contributed by atoms with Crippen LogP contribution >= 0.6 is 0 Å². The van der Waals surface area contributed by atoms with Gasteiger partial charge >= 0.3 is 0 Å². The standard InChI is InChI=1S/C43H45BN2/c1-28-12-18-34(19-13-28)45-38-22-16-30(3)24-36(38)44-37-25-31(4)17-23-39(37)46(35-20-14-29(2)15-21-35)41-27-33(26-40(45)42(41)44)43(5,6)32-10-8-7-9-11-32/h7-14,16-20,22-25,27,33,40,42H,15,21,26H2,1-6H3. The van der Waals surface area contributed by atoms with Gasteiger partial charge in [0, 0.05) is 40.3 Å². The maximum Gasteiger partial charge on any atom is 0.225 e. The number of hydrogen-bond acceptors (Lipinski definition) is 2. The maximum absolute atomic E-state index is 2.73. The molecule has 0 aromatic heterocycles. The van der Waals surface area contributed by atoms with Crippen molar-refractivity contribution >= 4 is 34.7 Å². The van der Waals surface area contributed by atoms with Crippen LogP contribution in [-0.2, 0) is 5.41 Å². The van der Waals surface area contributed by atoms with Gasteiger partial charge in [0.15, 0.2) is 0 Å². The minimum atomic E-state index is -0.0299. The number of fused-ring (bicyclic) bond motifs is 4. The van der Waals surface area contributed by atoms with Crippen molar-refractivity contribution in [1.82, 2.24) is 0 Å². The van der Waals surface area contributed by atoms with Crippen molar-refractivity contribution in [2.45, 2.75) is 78.1 Å². The van der Waals surface area contributed by atoms with Crippen molar-refractivity contribution in [2.24, 2.45) is 5.92 Å². The van der Waals surface area contributed by atoms with Gasteiger partial charge in [-0.05, 0) is 105 Å². The van der Waals surface area contributed by atoms with E-state index in [1.165, 1.54) is 67.2 Å². The predicted octanol–water partition coefficient (Wildman–Crippen LogP) is 9.44. The van der Waals surface area contributed by atoms with Gasteiger partial charge in [-0.3, -0.25) is 0 Å². The first-order valence-corrected chi connectivity index (χ1v) is 17.2. The molecule has 8 rings (SSSR count). The molecule has 2 heterocycles. The highest BCUT2D eigenvalue weighted by Gasteiger charge is 2.55. The van der Waals surface area contributed by atoms with E-state index in [1.54, 1.807) is 0 Å². The van der Waals surface area contributed by atoms with E-state index < -0.39 is 0 Å². The second kappa shape index (κ2) is 10.9. The van der Waals surface area contributed by atoms with Crippen molar-refractivity contribution in [1.29, 1.82) is 0 Å². The van der Waals surface area contributed by atoms with Crippen LogP contribution in [0.2, 0.25) is 5.82 Å². The normalized spacial score (nSPS) is 21.9. The molecule has 2 aliphatic carbocycles. The molecule has 2 aliphatic heterocycles. The summed E-state index contributed by atoms with van der Waals surface area (Å²) >= 11 is 0. The van der Waals surface area contributed by atoms with E-state index in [4.69, 9.17) is 0 Å². The van der Waals surface area contributed by atoms with Crippen LogP contribution in [0.25, 0.3) is 0 Å². The minimum absolute atomic E-state index is 0.0299. The molecule has 4 aromatic rings. The Labute approximate surface area is 276 Å². The molecule has 3 unspecified atom stereocenters. The van der Waals surface area contributed by atoms with E-state index in [2.05, 4.69) is 161 Å². The fraction of sp³-hybridized carbons (Fsp3) is 0.302. The molecular formula is C43H45BN2. The second-order valence-electron chi connectivity index (χ2n) is 14.9. The molecule has 0 saturated heterocycles. The lowest BCUT2D eigenvalue weighted by molar-refractivity contribution is 0.316. The molecule has 0 fully saturated rings. The summed E-state index contributed by atoms with van der Waals surface area (Å²) in [5, 5.41) is 0. The molecule has 0 spiro atoms. The predicted molar refractivity (Wildman–Crippen MR) is 197 cm³/mol. The molecule has 230 valence electrons. The van der Waals surface area contributed by atoms with Crippen LogP contribution in [0.1, 0.15) is 62.3 Å². The maximum atomic E-state index is 2.73. The summed E-state index contributed by atoms with van der Waals surface area (Å²) in [6.07, 6.45) is 10.8. The number of rotatable bonds is 4. The zero-order valence-electron chi connectivity index (χ0n) is 28.2. The Balaban J connectivity index is 1.43. The van der Waals surface area contributed by atoms with Gasteiger partial charge in [0.25, 0.3) is 0 Å². The summed E-state index contributed by atoms with van der Waals surface area (Å²) in [4.78, 5) is 5.43.